The van der Waals surface area contributed by atoms with Gasteiger partial charge in [-0.3, -0.25) is 4.79 Å². The standard InChI is InChI=1S/C24H19ClN2OS/c1-2-15-27-22-20(25)9-6-10-21(22)29-24(27)26-23(28)19-13-11-18(12-14-19)16-17-7-4-3-5-8-17/h2-14H,1,15-16H2. The smallest absolute Gasteiger partial charge is 0.279 e. The second kappa shape index (κ2) is 8.60. The number of carbonyl (C=O) groups is 1. The number of fused-ring (bicyclic) bond motifs is 1. The summed E-state index contributed by atoms with van der Waals surface area (Å²) in [4.78, 5) is 17.8. The molecule has 0 atom stereocenters. The predicted molar refractivity (Wildman–Crippen MR) is 121 cm³/mol. The van der Waals surface area contributed by atoms with Gasteiger partial charge in [-0.25, -0.2) is 0 Å². The van der Waals surface area contributed by atoms with Gasteiger partial charge in [0.1, 0.15) is 0 Å². The Bertz CT molecular complexity index is 1240. The SMILES string of the molecule is C=CCn1c(=NC(=O)c2ccc(Cc3ccccc3)cc2)sc2cccc(Cl)c21. The first-order chi connectivity index (χ1) is 14.2. The molecular weight excluding hydrogens is 400 g/mol. The van der Waals surface area contributed by atoms with E-state index >= 15 is 0 Å². The molecule has 0 unspecified atom stereocenters. The van der Waals surface area contributed by atoms with Crippen molar-refractivity contribution in [1.82, 2.24) is 4.57 Å². The molecule has 0 aliphatic carbocycles. The van der Waals surface area contributed by atoms with Crippen molar-refractivity contribution in [1.29, 1.82) is 0 Å². The van der Waals surface area contributed by atoms with Crippen molar-refractivity contribution in [2.75, 3.05) is 0 Å². The van der Waals surface area contributed by atoms with Gasteiger partial charge in [-0.1, -0.05) is 77.5 Å². The second-order valence-corrected chi connectivity index (χ2v) is 8.06. The maximum Gasteiger partial charge on any atom is 0.279 e. The van der Waals surface area contributed by atoms with Crippen LogP contribution in [0.25, 0.3) is 10.2 Å². The molecule has 0 saturated heterocycles. The highest BCUT2D eigenvalue weighted by molar-refractivity contribution is 7.16. The van der Waals surface area contributed by atoms with Crippen LogP contribution in [0.4, 0.5) is 0 Å². The molecule has 0 spiro atoms. The van der Waals surface area contributed by atoms with Crippen molar-refractivity contribution in [2.45, 2.75) is 13.0 Å². The Morgan fingerprint density at radius 1 is 1.00 bits per heavy atom. The van der Waals surface area contributed by atoms with E-state index in [4.69, 9.17) is 11.6 Å². The Kier molecular flexibility index (Phi) is 5.74. The number of benzene rings is 3. The van der Waals surface area contributed by atoms with Crippen molar-refractivity contribution in [3.8, 4) is 0 Å². The van der Waals surface area contributed by atoms with Crippen molar-refractivity contribution >= 4 is 39.1 Å². The number of hydrogen-bond donors (Lipinski definition) is 0. The first-order valence-corrected chi connectivity index (χ1v) is 10.5. The van der Waals surface area contributed by atoms with Gasteiger partial charge in [-0.05, 0) is 41.8 Å². The van der Waals surface area contributed by atoms with E-state index in [1.54, 1.807) is 6.08 Å². The summed E-state index contributed by atoms with van der Waals surface area (Å²) in [7, 11) is 0. The third kappa shape index (κ3) is 4.24. The summed E-state index contributed by atoms with van der Waals surface area (Å²) in [5.74, 6) is -0.267. The van der Waals surface area contributed by atoms with E-state index in [9.17, 15) is 4.79 Å². The minimum Gasteiger partial charge on any atom is -0.311 e. The molecule has 0 saturated carbocycles. The first kappa shape index (κ1) is 19.4. The number of hydrogen-bond acceptors (Lipinski definition) is 2. The van der Waals surface area contributed by atoms with Gasteiger partial charge in [0.2, 0.25) is 0 Å². The van der Waals surface area contributed by atoms with Gasteiger partial charge < -0.3 is 4.57 Å². The van der Waals surface area contributed by atoms with E-state index < -0.39 is 0 Å². The van der Waals surface area contributed by atoms with Crippen LogP contribution in [0.1, 0.15) is 21.5 Å². The zero-order chi connectivity index (χ0) is 20.2. The minimum absolute atomic E-state index is 0.267. The summed E-state index contributed by atoms with van der Waals surface area (Å²) in [5, 5.41) is 0.639. The van der Waals surface area contributed by atoms with E-state index in [0.717, 1.165) is 22.2 Å². The number of nitrogens with zero attached hydrogens (tertiary/aromatic N) is 2. The van der Waals surface area contributed by atoms with Gasteiger partial charge in [0.15, 0.2) is 4.80 Å². The molecule has 3 aromatic carbocycles. The summed E-state index contributed by atoms with van der Waals surface area (Å²) in [6.45, 7) is 4.34. The Labute approximate surface area is 178 Å². The maximum atomic E-state index is 12.8. The van der Waals surface area contributed by atoms with Gasteiger partial charge in [-0.2, -0.15) is 4.99 Å². The third-order valence-electron chi connectivity index (χ3n) is 4.61. The van der Waals surface area contributed by atoms with E-state index in [0.29, 0.717) is 21.9 Å². The number of amides is 1. The van der Waals surface area contributed by atoms with Crippen molar-refractivity contribution < 1.29 is 4.79 Å². The quantitative estimate of drug-likeness (QED) is 0.373. The largest absolute Gasteiger partial charge is 0.311 e. The number of thiazole rings is 1. The molecule has 1 aromatic heterocycles. The number of rotatable bonds is 5. The third-order valence-corrected chi connectivity index (χ3v) is 5.96. The average Bonchev–Trinajstić information content (AvgIpc) is 3.08. The van der Waals surface area contributed by atoms with Gasteiger partial charge in [-0.15, -0.1) is 6.58 Å². The molecule has 0 bridgehead atoms. The zero-order valence-electron chi connectivity index (χ0n) is 15.7. The second-order valence-electron chi connectivity index (χ2n) is 6.65. The molecule has 4 aromatic rings. The molecule has 1 heterocycles. The Morgan fingerprint density at radius 2 is 1.72 bits per heavy atom. The van der Waals surface area contributed by atoms with Gasteiger partial charge in [0.05, 0.1) is 15.2 Å². The topological polar surface area (TPSA) is 34.4 Å². The highest BCUT2D eigenvalue weighted by atomic mass is 35.5. The summed E-state index contributed by atoms with van der Waals surface area (Å²) >= 11 is 7.82. The van der Waals surface area contributed by atoms with Crippen LogP contribution in [-0.2, 0) is 13.0 Å². The zero-order valence-corrected chi connectivity index (χ0v) is 17.3. The highest BCUT2D eigenvalue weighted by Gasteiger charge is 2.11. The van der Waals surface area contributed by atoms with Crippen LogP contribution >= 0.6 is 22.9 Å². The lowest BCUT2D eigenvalue weighted by Gasteiger charge is -2.04. The molecule has 0 aliphatic heterocycles. The van der Waals surface area contributed by atoms with Crippen LogP contribution in [0.5, 0.6) is 0 Å². The van der Waals surface area contributed by atoms with Gasteiger partial charge >= 0.3 is 0 Å². The van der Waals surface area contributed by atoms with Crippen molar-refractivity contribution in [3.05, 3.63) is 112 Å². The van der Waals surface area contributed by atoms with Crippen LogP contribution in [0.2, 0.25) is 5.02 Å². The lowest BCUT2D eigenvalue weighted by atomic mass is 10.0. The molecule has 0 radical (unpaired) electrons. The van der Waals surface area contributed by atoms with Crippen molar-refractivity contribution in [2.24, 2.45) is 4.99 Å². The minimum atomic E-state index is -0.267. The lowest BCUT2D eigenvalue weighted by Crippen LogP contribution is -2.16. The molecule has 4 rings (SSSR count). The highest BCUT2D eigenvalue weighted by Crippen LogP contribution is 2.25. The van der Waals surface area contributed by atoms with Crippen LogP contribution < -0.4 is 4.80 Å². The molecule has 144 valence electrons. The van der Waals surface area contributed by atoms with Crippen LogP contribution in [0.15, 0.2) is 90.4 Å². The Balaban J connectivity index is 1.65. The van der Waals surface area contributed by atoms with E-state index in [1.165, 1.54) is 16.9 Å². The molecule has 0 aliphatic rings. The Morgan fingerprint density at radius 3 is 2.45 bits per heavy atom. The summed E-state index contributed by atoms with van der Waals surface area (Å²) in [6, 6.07) is 23.6. The number of allylic oxidation sites excluding steroid dienone is 1. The normalized spacial score (nSPS) is 11.7. The van der Waals surface area contributed by atoms with Crippen LogP contribution in [0, 0.1) is 0 Å². The maximum absolute atomic E-state index is 12.8. The summed E-state index contributed by atoms with van der Waals surface area (Å²) < 4.78 is 2.92. The lowest BCUT2D eigenvalue weighted by molar-refractivity contribution is 0.0998. The van der Waals surface area contributed by atoms with Crippen LogP contribution in [-0.4, -0.2) is 10.5 Å². The fraction of sp³-hybridized carbons (Fsp3) is 0.0833. The molecule has 5 heteroatoms. The number of aromatic nitrogens is 1. The number of carbonyl (C=O) groups excluding carboxylic acids is 1. The van der Waals surface area contributed by atoms with Gasteiger partial charge in [0.25, 0.3) is 5.91 Å². The fourth-order valence-electron chi connectivity index (χ4n) is 3.22. The van der Waals surface area contributed by atoms with Gasteiger partial charge in [0, 0.05) is 12.1 Å². The Hall–Kier alpha value is -2.95. The average molecular weight is 419 g/mol. The number of halogens is 1. The molecule has 1 amide bonds. The molecule has 3 nitrogen and oxygen atoms in total. The first-order valence-electron chi connectivity index (χ1n) is 9.26. The van der Waals surface area contributed by atoms with E-state index in [2.05, 4.69) is 23.7 Å². The fourth-order valence-corrected chi connectivity index (χ4v) is 4.62. The summed E-state index contributed by atoms with van der Waals surface area (Å²) in [5.41, 5.74) is 3.84. The molecule has 0 N–H and O–H groups in total. The van der Waals surface area contributed by atoms with E-state index in [1.807, 2.05) is 65.2 Å². The van der Waals surface area contributed by atoms with Crippen molar-refractivity contribution in [3.63, 3.8) is 0 Å². The molecule has 0 fully saturated rings. The monoisotopic (exact) mass is 418 g/mol. The predicted octanol–water partition coefficient (Wildman–Crippen LogP) is 5.87. The molecule has 29 heavy (non-hydrogen) atoms. The molecular formula is C24H19ClN2OS. The summed E-state index contributed by atoms with van der Waals surface area (Å²) in [6.07, 6.45) is 2.61. The van der Waals surface area contributed by atoms with E-state index in [-0.39, 0.29) is 5.91 Å². The van der Waals surface area contributed by atoms with Crippen LogP contribution in [0.3, 0.4) is 0 Å². The number of para-hydroxylation sites is 1.